The summed E-state index contributed by atoms with van der Waals surface area (Å²) in [4.78, 5) is 0.0502. The highest BCUT2D eigenvalue weighted by Crippen LogP contribution is 2.30. The minimum absolute atomic E-state index is 0.0502. The van der Waals surface area contributed by atoms with Crippen LogP contribution in [0.15, 0.2) is 24.3 Å². The van der Waals surface area contributed by atoms with Gasteiger partial charge in [0.15, 0.2) is 0 Å². The Labute approximate surface area is 126 Å². The molecule has 6 heteroatoms. The lowest BCUT2D eigenvalue weighted by molar-refractivity contribution is 0.582. The van der Waals surface area contributed by atoms with Gasteiger partial charge in [-0.3, -0.25) is 4.31 Å². The third-order valence-electron chi connectivity index (χ3n) is 3.67. The molecule has 20 heavy (non-hydrogen) atoms. The van der Waals surface area contributed by atoms with E-state index in [9.17, 15) is 8.42 Å². The third-order valence-corrected chi connectivity index (χ3v) is 6.41. The molecule has 1 unspecified atom stereocenters. The van der Waals surface area contributed by atoms with E-state index >= 15 is 0 Å². The first-order valence-electron chi connectivity index (χ1n) is 6.87. The van der Waals surface area contributed by atoms with Gasteiger partial charge in [0.1, 0.15) is 5.25 Å². The molecule has 0 amide bonds. The van der Waals surface area contributed by atoms with Gasteiger partial charge >= 0.3 is 0 Å². The minimum Gasteiger partial charge on any atom is -0.392 e. The van der Waals surface area contributed by atoms with E-state index in [0.717, 1.165) is 30.5 Å². The Morgan fingerprint density at radius 1 is 1.40 bits per heavy atom. The Morgan fingerprint density at radius 3 is 2.75 bits per heavy atom. The van der Waals surface area contributed by atoms with Crippen molar-refractivity contribution in [3.05, 3.63) is 29.8 Å². The van der Waals surface area contributed by atoms with E-state index < -0.39 is 15.3 Å². The average molecular weight is 312 g/mol. The summed E-state index contributed by atoms with van der Waals surface area (Å²) in [5, 5.41) is -0.788. The maximum absolute atomic E-state index is 12.8. The predicted octanol–water partition coefficient (Wildman–Crippen LogP) is 2.22. The molecular formula is C14H20N2O2S2. The molecule has 1 atom stereocenters. The molecule has 0 aromatic heterocycles. The SMILES string of the molecule is CCC(C(N)=S)S(=O)(=O)N1CCCCc2ccccc21. The van der Waals surface area contributed by atoms with Crippen LogP contribution in [-0.4, -0.2) is 25.2 Å². The van der Waals surface area contributed by atoms with Crippen molar-refractivity contribution in [2.45, 2.75) is 37.9 Å². The minimum atomic E-state index is -3.54. The molecule has 1 aliphatic rings. The number of benzene rings is 1. The summed E-state index contributed by atoms with van der Waals surface area (Å²) in [6.45, 7) is 2.30. The lowest BCUT2D eigenvalue weighted by Crippen LogP contribution is -2.44. The fraction of sp³-hybridized carbons (Fsp3) is 0.500. The van der Waals surface area contributed by atoms with Crippen LogP contribution in [0.4, 0.5) is 5.69 Å². The first-order chi connectivity index (χ1) is 9.48. The molecule has 0 saturated heterocycles. The second-order valence-corrected chi connectivity index (χ2v) is 7.51. The van der Waals surface area contributed by atoms with E-state index in [1.807, 2.05) is 24.3 Å². The van der Waals surface area contributed by atoms with Crippen molar-refractivity contribution in [3.63, 3.8) is 0 Å². The first-order valence-corrected chi connectivity index (χ1v) is 8.78. The van der Waals surface area contributed by atoms with Crippen molar-refractivity contribution in [2.75, 3.05) is 10.8 Å². The van der Waals surface area contributed by atoms with Crippen LogP contribution in [0.25, 0.3) is 0 Å². The molecule has 0 fully saturated rings. The summed E-state index contributed by atoms with van der Waals surface area (Å²) in [6.07, 6.45) is 3.15. The molecule has 0 aliphatic carbocycles. The van der Waals surface area contributed by atoms with Crippen LogP contribution in [0.1, 0.15) is 31.7 Å². The Kier molecular flexibility index (Phi) is 4.65. The number of hydrogen-bond acceptors (Lipinski definition) is 3. The first kappa shape index (κ1) is 15.3. The molecular weight excluding hydrogens is 292 g/mol. The zero-order valence-corrected chi connectivity index (χ0v) is 13.2. The normalized spacial score (nSPS) is 17.1. The van der Waals surface area contributed by atoms with Crippen molar-refractivity contribution in [2.24, 2.45) is 5.73 Å². The fourth-order valence-corrected chi connectivity index (χ4v) is 5.02. The molecule has 1 aromatic carbocycles. The van der Waals surface area contributed by atoms with Crippen LogP contribution in [0, 0.1) is 0 Å². The summed E-state index contributed by atoms with van der Waals surface area (Å²) in [5.41, 5.74) is 7.48. The number of sulfonamides is 1. The second kappa shape index (κ2) is 6.10. The lowest BCUT2D eigenvalue weighted by atomic mass is 10.1. The average Bonchev–Trinajstić information content (AvgIpc) is 2.61. The maximum atomic E-state index is 12.8. The number of fused-ring (bicyclic) bond motifs is 1. The van der Waals surface area contributed by atoms with Crippen LogP contribution >= 0.6 is 12.2 Å². The van der Waals surface area contributed by atoms with Crippen molar-refractivity contribution < 1.29 is 8.42 Å². The highest BCUT2D eigenvalue weighted by molar-refractivity contribution is 7.95. The van der Waals surface area contributed by atoms with Crippen molar-refractivity contribution in [1.82, 2.24) is 0 Å². The molecule has 0 spiro atoms. The summed E-state index contributed by atoms with van der Waals surface area (Å²) in [6, 6.07) is 7.67. The van der Waals surface area contributed by atoms with Crippen LogP contribution in [-0.2, 0) is 16.4 Å². The number of thiocarbonyl (C=S) groups is 1. The Morgan fingerprint density at radius 2 is 2.10 bits per heavy atom. The van der Waals surface area contributed by atoms with Gasteiger partial charge < -0.3 is 5.73 Å². The number of para-hydroxylation sites is 1. The largest absolute Gasteiger partial charge is 0.392 e. The van der Waals surface area contributed by atoms with Gasteiger partial charge in [0.05, 0.1) is 10.7 Å². The van der Waals surface area contributed by atoms with Gasteiger partial charge in [-0.25, -0.2) is 8.42 Å². The molecule has 110 valence electrons. The molecule has 2 rings (SSSR count). The summed E-state index contributed by atoms with van der Waals surface area (Å²) >= 11 is 4.94. The fourth-order valence-electron chi connectivity index (χ4n) is 2.63. The zero-order chi connectivity index (χ0) is 14.8. The van der Waals surface area contributed by atoms with Gasteiger partial charge in [0.25, 0.3) is 0 Å². The van der Waals surface area contributed by atoms with E-state index in [4.69, 9.17) is 18.0 Å². The lowest BCUT2D eigenvalue weighted by Gasteiger charge is -2.28. The number of aryl methyl sites for hydroxylation is 1. The van der Waals surface area contributed by atoms with Gasteiger partial charge in [-0.05, 0) is 37.3 Å². The number of nitrogens with two attached hydrogens (primary N) is 1. The van der Waals surface area contributed by atoms with Gasteiger partial charge in [0.2, 0.25) is 10.0 Å². The van der Waals surface area contributed by atoms with Crippen LogP contribution in [0.3, 0.4) is 0 Å². The molecule has 1 aliphatic heterocycles. The van der Waals surface area contributed by atoms with Gasteiger partial charge in [-0.15, -0.1) is 0 Å². The monoisotopic (exact) mass is 312 g/mol. The zero-order valence-electron chi connectivity index (χ0n) is 11.6. The van der Waals surface area contributed by atoms with Crippen molar-refractivity contribution in [3.8, 4) is 0 Å². The van der Waals surface area contributed by atoms with Crippen LogP contribution < -0.4 is 10.0 Å². The molecule has 0 radical (unpaired) electrons. The topological polar surface area (TPSA) is 63.4 Å². The van der Waals surface area contributed by atoms with E-state index in [1.54, 1.807) is 6.92 Å². The smallest absolute Gasteiger partial charge is 0.244 e. The van der Waals surface area contributed by atoms with Gasteiger partial charge in [-0.2, -0.15) is 0 Å². The summed E-state index contributed by atoms with van der Waals surface area (Å²) in [5.74, 6) is 0. The highest BCUT2D eigenvalue weighted by atomic mass is 32.2. The highest BCUT2D eigenvalue weighted by Gasteiger charge is 2.34. The third kappa shape index (κ3) is 2.81. The molecule has 2 N–H and O–H groups in total. The Bertz CT molecular complexity index is 599. The van der Waals surface area contributed by atoms with Crippen LogP contribution in [0.2, 0.25) is 0 Å². The summed E-state index contributed by atoms with van der Waals surface area (Å²) < 4.78 is 27.2. The quantitative estimate of drug-likeness (QED) is 0.866. The van der Waals surface area contributed by atoms with E-state index in [2.05, 4.69) is 0 Å². The Balaban J connectivity index is 2.48. The molecule has 1 aromatic rings. The van der Waals surface area contributed by atoms with Crippen molar-refractivity contribution in [1.29, 1.82) is 0 Å². The van der Waals surface area contributed by atoms with E-state index in [1.165, 1.54) is 4.31 Å². The number of hydrogen-bond donors (Lipinski definition) is 1. The second-order valence-electron chi connectivity index (χ2n) is 5.00. The summed E-state index contributed by atoms with van der Waals surface area (Å²) in [7, 11) is -3.54. The predicted molar refractivity (Wildman–Crippen MR) is 86.5 cm³/mol. The molecule has 0 saturated carbocycles. The van der Waals surface area contributed by atoms with E-state index in [0.29, 0.717) is 13.0 Å². The van der Waals surface area contributed by atoms with Gasteiger partial charge in [0, 0.05) is 6.54 Å². The number of rotatable bonds is 4. The molecule has 4 nitrogen and oxygen atoms in total. The Hall–Kier alpha value is -1.14. The van der Waals surface area contributed by atoms with Gasteiger partial charge in [-0.1, -0.05) is 37.3 Å². The number of nitrogens with zero attached hydrogens (tertiary/aromatic N) is 1. The van der Waals surface area contributed by atoms with Crippen molar-refractivity contribution >= 4 is 32.9 Å². The van der Waals surface area contributed by atoms with Crippen LogP contribution in [0.5, 0.6) is 0 Å². The maximum Gasteiger partial charge on any atom is 0.244 e. The standard InChI is InChI=1S/C14H20N2O2S2/c1-2-13(14(15)19)20(17,18)16-10-6-5-8-11-7-3-4-9-12(11)16/h3-4,7,9,13H,2,5-6,8,10H2,1H3,(H2,15,19). The molecule has 0 bridgehead atoms. The molecule has 1 heterocycles. The number of anilines is 1. The van der Waals surface area contributed by atoms with E-state index in [-0.39, 0.29) is 4.99 Å².